The molecule has 0 saturated heterocycles. The zero-order valence-corrected chi connectivity index (χ0v) is 30.4. The number of hydrogen-bond acceptors (Lipinski definition) is 2. The maximum Gasteiger partial charge on any atom is 0.0490 e. The summed E-state index contributed by atoms with van der Waals surface area (Å²) in [5.41, 5.74) is 16.6. The summed E-state index contributed by atoms with van der Waals surface area (Å²) in [5, 5.41) is 0. The topological polar surface area (TPSA) is 6.48 Å². The molecule has 7 aromatic rings. The minimum atomic E-state index is 1.13. The minimum absolute atomic E-state index is 1.13. The van der Waals surface area contributed by atoms with Crippen molar-refractivity contribution < 1.29 is 0 Å². The molecule has 7 aromatic carbocycles. The van der Waals surface area contributed by atoms with Gasteiger partial charge in [-0.2, -0.15) is 0 Å². The monoisotopic (exact) mass is 672 g/mol. The fraction of sp³-hybridized carbons (Fsp3) is 0.0800. The molecule has 0 spiro atoms. The molecule has 0 radical (unpaired) electrons. The van der Waals surface area contributed by atoms with Crippen molar-refractivity contribution in [2.75, 3.05) is 9.80 Å². The number of anilines is 6. The summed E-state index contributed by atoms with van der Waals surface area (Å²) in [7, 11) is 0. The fourth-order valence-electron chi connectivity index (χ4n) is 6.78. The molecule has 7 rings (SSSR count). The first kappa shape index (κ1) is 34.1. The van der Waals surface area contributed by atoms with Crippen molar-refractivity contribution in [3.63, 3.8) is 0 Å². The Labute approximate surface area is 309 Å². The zero-order chi connectivity index (χ0) is 35.9. The van der Waals surface area contributed by atoms with Crippen LogP contribution in [-0.4, -0.2) is 0 Å². The van der Waals surface area contributed by atoms with Gasteiger partial charge in [0.15, 0.2) is 0 Å². The molecular weight excluding hydrogens is 629 g/mol. The van der Waals surface area contributed by atoms with Crippen LogP contribution in [0.15, 0.2) is 170 Å². The molecule has 0 heterocycles. The van der Waals surface area contributed by atoms with Crippen molar-refractivity contribution in [2.45, 2.75) is 27.7 Å². The van der Waals surface area contributed by atoms with Crippen molar-refractivity contribution >= 4 is 58.4 Å². The molecule has 0 atom stereocenters. The highest BCUT2D eigenvalue weighted by atomic mass is 15.1. The number of benzene rings is 7. The highest BCUT2D eigenvalue weighted by Gasteiger charge is 2.15. The van der Waals surface area contributed by atoms with Gasteiger partial charge in [-0.3, -0.25) is 0 Å². The summed E-state index contributed by atoms with van der Waals surface area (Å²) in [5.74, 6) is 0. The Morgan fingerprint density at radius 3 is 1.04 bits per heavy atom. The zero-order valence-electron chi connectivity index (χ0n) is 30.4. The van der Waals surface area contributed by atoms with Gasteiger partial charge in [0.1, 0.15) is 0 Å². The standard InChI is InChI=1S/C50H44N2/c1-37-19-33-49(39(3)35-37)51(45-15-7-5-8-16-45)47-29-23-41(24-30-47)21-27-43-13-11-12-14-44(43)28-22-42-25-31-48(32-26-42)52(46-17-9-6-10-18-46)50-34-20-38(2)36-40(50)4/h5-36H,1-4H3. The van der Waals surface area contributed by atoms with E-state index in [4.69, 9.17) is 0 Å². The van der Waals surface area contributed by atoms with Crippen LogP contribution in [0.2, 0.25) is 0 Å². The molecule has 254 valence electrons. The van der Waals surface area contributed by atoms with E-state index in [-0.39, 0.29) is 0 Å². The van der Waals surface area contributed by atoms with Gasteiger partial charge in [0.25, 0.3) is 0 Å². The molecule has 0 unspecified atom stereocenters. The van der Waals surface area contributed by atoms with Crippen LogP contribution in [0.4, 0.5) is 34.1 Å². The number of aryl methyl sites for hydroxylation is 4. The lowest BCUT2D eigenvalue weighted by atomic mass is 10.0. The van der Waals surface area contributed by atoms with E-state index in [1.165, 1.54) is 44.8 Å². The normalized spacial score (nSPS) is 11.3. The van der Waals surface area contributed by atoms with Gasteiger partial charge in [-0.15, -0.1) is 0 Å². The van der Waals surface area contributed by atoms with E-state index in [1.807, 2.05) is 0 Å². The van der Waals surface area contributed by atoms with E-state index in [9.17, 15) is 0 Å². The lowest BCUT2D eigenvalue weighted by Crippen LogP contribution is -2.11. The van der Waals surface area contributed by atoms with Crippen molar-refractivity contribution in [1.29, 1.82) is 0 Å². The maximum absolute atomic E-state index is 2.33. The van der Waals surface area contributed by atoms with Crippen molar-refractivity contribution in [1.82, 2.24) is 0 Å². The van der Waals surface area contributed by atoms with Crippen LogP contribution >= 0.6 is 0 Å². The Morgan fingerprint density at radius 2 is 0.673 bits per heavy atom. The third kappa shape index (κ3) is 7.83. The molecule has 2 nitrogen and oxygen atoms in total. The van der Waals surface area contributed by atoms with Crippen LogP contribution in [0.1, 0.15) is 44.5 Å². The first-order valence-corrected chi connectivity index (χ1v) is 17.9. The SMILES string of the molecule is Cc1ccc(N(c2ccccc2)c2ccc(C=Cc3ccccc3C=Cc3ccc(N(c4ccccc4)c4ccc(C)cc4C)cc3)cc2)c(C)c1. The Hall–Kier alpha value is -6.38. The molecule has 0 fully saturated rings. The summed E-state index contributed by atoms with van der Waals surface area (Å²) in [4.78, 5) is 4.66. The molecule has 0 amide bonds. The Morgan fingerprint density at radius 1 is 0.327 bits per heavy atom. The highest BCUT2D eigenvalue weighted by molar-refractivity contribution is 5.83. The molecule has 52 heavy (non-hydrogen) atoms. The van der Waals surface area contributed by atoms with E-state index in [2.05, 4.69) is 232 Å². The first-order valence-electron chi connectivity index (χ1n) is 17.9. The summed E-state index contributed by atoms with van der Waals surface area (Å²) in [6, 6.07) is 60.6. The van der Waals surface area contributed by atoms with Crippen LogP contribution in [0.3, 0.4) is 0 Å². The lowest BCUT2D eigenvalue weighted by molar-refractivity contribution is 1.24. The van der Waals surface area contributed by atoms with Crippen molar-refractivity contribution in [2.24, 2.45) is 0 Å². The summed E-state index contributed by atoms with van der Waals surface area (Å²) in [6.07, 6.45) is 8.80. The highest BCUT2D eigenvalue weighted by Crippen LogP contribution is 2.38. The molecular formula is C50H44N2. The molecule has 0 aliphatic heterocycles. The lowest BCUT2D eigenvalue weighted by Gasteiger charge is -2.27. The van der Waals surface area contributed by atoms with E-state index < -0.39 is 0 Å². The fourth-order valence-corrected chi connectivity index (χ4v) is 6.78. The summed E-state index contributed by atoms with van der Waals surface area (Å²) in [6.45, 7) is 8.65. The quantitative estimate of drug-likeness (QED) is 0.133. The van der Waals surface area contributed by atoms with Gasteiger partial charge in [0.05, 0.1) is 0 Å². The molecule has 0 aromatic heterocycles. The van der Waals surface area contributed by atoms with Crippen LogP contribution in [0.5, 0.6) is 0 Å². The van der Waals surface area contributed by atoms with Crippen molar-refractivity contribution in [3.05, 3.63) is 214 Å². The van der Waals surface area contributed by atoms with Gasteiger partial charge >= 0.3 is 0 Å². The van der Waals surface area contributed by atoms with Gasteiger partial charge < -0.3 is 9.80 Å². The van der Waals surface area contributed by atoms with Crippen LogP contribution in [0, 0.1) is 27.7 Å². The number of para-hydroxylation sites is 2. The van der Waals surface area contributed by atoms with Gasteiger partial charge in [-0.25, -0.2) is 0 Å². The van der Waals surface area contributed by atoms with E-state index in [0.29, 0.717) is 0 Å². The number of rotatable bonds is 10. The molecule has 0 bridgehead atoms. The van der Waals surface area contributed by atoms with E-state index >= 15 is 0 Å². The van der Waals surface area contributed by atoms with Gasteiger partial charge in [0.2, 0.25) is 0 Å². The van der Waals surface area contributed by atoms with E-state index in [1.54, 1.807) is 0 Å². The van der Waals surface area contributed by atoms with Crippen LogP contribution < -0.4 is 9.80 Å². The smallest absolute Gasteiger partial charge is 0.0490 e. The molecule has 0 aliphatic carbocycles. The maximum atomic E-state index is 2.33. The molecule has 0 N–H and O–H groups in total. The minimum Gasteiger partial charge on any atom is -0.310 e. The predicted molar refractivity (Wildman–Crippen MR) is 225 cm³/mol. The average Bonchev–Trinajstić information content (AvgIpc) is 3.17. The predicted octanol–water partition coefficient (Wildman–Crippen LogP) is 14.2. The van der Waals surface area contributed by atoms with Crippen LogP contribution in [0.25, 0.3) is 24.3 Å². The Bertz CT molecular complexity index is 2150. The molecule has 0 aliphatic rings. The molecule has 0 saturated carbocycles. The van der Waals surface area contributed by atoms with E-state index in [0.717, 1.165) is 33.9 Å². The first-order chi connectivity index (χ1) is 25.4. The number of nitrogens with zero attached hydrogens (tertiary/aromatic N) is 2. The second-order valence-electron chi connectivity index (χ2n) is 13.4. The van der Waals surface area contributed by atoms with Gasteiger partial charge in [0, 0.05) is 34.1 Å². The third-order valence-corrected chi connectivity index (χ3v) is 9.42. The largest absolute Gasteiger partial charge is 0.310 e. The second kappa shape index (κ2) is 15.7. The second-order valence-corrected chi connectivity index (χ2v) is 13.4. The Kier molecular flexibility index (Phi) is 10.3. The average molecular weight is 673 g/mol. The van der Waals surface area contributed by atoms with Gasteiger partial charge in [-0.1, -0.05) is 145 Å². The summed E-state index contributed by atoms with van der Waals surface area (Å²) >= 11 is 0. The van der Waals surface area contributed by atoms with Crippen molar-refractivity contribution in [3.8, 4) is 0 Å². The van der Waals surface area contributed by atoms with Crippen LogP contribution in [-0.2, 0) is 0 Å². The number of hydrogen-bond donors (Lipinski definition) is 0. The Balaban J connectivity index is 1.10. The molecule has 2 heteroatoms. The van der Waals surface area contributed by atoms with Gasteiger partial charge in [-0.05, 0) is 122 Å². The third-order valence-electron chi connectivity index (χ3n) is 9.42. The summed E-state index contributed by atoms with van der Waals surface area (Å²) < 4.78 is 0.